The van der Waals surface area contributed by atoms with Crippen molar-refractivity contribution in [1.82, 2.24) is 5.32 Å². The molecule has 3 aromatic carbocycles. The summed E-state index contributed by atoms with van der Waals surface area (Å²) in [4.78, 5) is 0. The van der Waals surface area contributed by atoms with E-state index in [0.29, 0.717) is 5.57 Å². The maximum absolute atomic E-state index is 5.70. The van der Waals surface area contributed by atoms with Gasteiger partial charge >= 0.3 is 0 Å². The van der Waals surface area contributed by atoms with E-state index in [2.05, 4.69) is 81.4 Å². The quantitative estimate of drug-likeness (QED) is 0.241. The molecule has 34 heavy (non-hydrogen) atoms. The first-order valence-corrected chi connectivity index (χ1v) is 11.2. The standard InChI is InChI=1S/C17H14.C13H17N.C2H6.Y/c1-4-14-8-10-15(11-9-14)17-7-5-6-16(12-17)13(2)3;1-10(2)9-14-12(4)13-7-5-11(3)6-8-13;1-2;/h2,4-12H,1,3H2;5-8,14H,1,4,9H2,2-3H3;1-2H3;/q-2;;;. The topological polar surface area (TPSA) is 12.0 Å². The van der Waals surface area contributed by atoms with Gasteiger partial charge in [0.25, 0.3) is 0 Å². The van der Waals surface area contributed by atoms with Gasteiger partial charge in [0.15, 0.2) is 0 Å². The van der Waals surface area contributed by atoms with Crippen molar-refractivity contribution in [1.29, 1.82) is 0 Å². The second kappa shape index (κ2) is 16.9. The molecule has 175 valence electrons. The van der Waals surface area contributed by atoms with Crippen molar-refractivity contribution in [2.24, 2.45) is 0 Å². The monoisotopic (exact) mass is 524 g/mol. The van der Waals surface area contributed by atoms with Crippen LogP contribution in [0.1, 0.15) is 43.0 Å². The minimum Gasteiger partial charge on any atom is -0.391 e. The van der Waals surface area contributed by atoms with Gasteiger partial charge in [0.1, 0.15) is 0 Å². The molecule has 0 bridgehead atoms. The van der Waals surface area contributed by atoms with Crippen molar-refractivity contribution in [2.45, 2.75) is 27.7 Å². The van der Waals surface area contributed by atoms with Crippen molar-refractivity contribution < 1.29 is 32.7 Å². The van der Waals surface area contributed by atoms with Gasteiger partial charge in [-0.3, -0.25) is 0 Å². The molecule has 0 saturated carbocycles. The van der Waals surface area contributed by atoms with Gasteiger partial charge < -0.3 is 24.4 Å². The molecule has 0 atom stereocenters. The number of allylic oxidation sites excluding steroid dienone is 1. The number of rotatable bonds is 7. The molecule has 1 nitrogen and oxygen atoms in total. The summed E-state index contributed by atoms with van der Waals surface area (Å²) in [5, 5.41) is 3.22. The van der Waals surface area contributed by atoms with Crippen molar-refractivity contribution in [3.8, 4) is 11.1 Å². The Morgan fingerprint density at radius 3 is 2.00 bits per heavy atom. The maximum Gasteiger partial charge on any atom is 0.0354 e. The van der Waals surface area contributed by atoms with Crippen LogP contribution in [0.15, 0.2) is 98.1 Å². The first-order valence-electron chi connectivity index (χ1n) is 11.2. The smallest absolute Gasteiger partial charge is 0.0354 e. The van der Waals surface area contributed by atoms with Crippen LogP contribution in [0.3, 0.4) is 0 Å². The van der Waals surface area contributed by atoms with Gasteiger partial charge in [-0.2, -0.15) is 12.1 Å². The average Bonchev–Trinajstić information content (AvgIpc) is 2.84. The summed E-state index contributed by atoms with van der Waals surface area (Å²) in [5.74, 6) is 0. The Kier molecular flexibility index (Phi) is 15.6. The molecule has 0 saturated heterocycles. The molecule has 3 aromatic rings. The zero-order valence-electron chi connectivity index (χ0n) is 21.2. The third kappa shape index (κ3) is 11.0. The van der Waals surface area contributed by atoms with Gasteiger partial charge in [-0.1, -0.05) is 111 Å². The average molecular weight is 525 g/mol. The van der Waals surface area contributed by atoms with Gasteiger partial charge in [-0.15, -0.1) is 0 Å². The van der Waals surface area contributed by atoms with E-state index in [4.69, 9.17) is 6.58 Å². The van der Waals surface area contributed by atoms with Crippen LogP contribution in [0.25, 0.3) is 28.5 Å². The van der Waals surface area contributed by atoms with E-state index in [-0.39, 0.29) is 32.7 Å². The Morgan fingerprint density at radius 1 is 0.912 bits per heavy atom. The predicted octanol–water partition coefficient (Wildman–Crippen LogP) is 8.80. The molecule has 0 aromatic heterocycles. The molecule has 2 heteroatoms. The molecular formula is C32H37NY-2. The van der Waals surface area contributed by atoms with Crippen LogP contribution in [0, 0.1) is 20.4 Å². The largest absolute Gasteiger partial charge is 0.391 e. The van der Waals surface area contributed by atoms with Crippen LogP contribution >= 0.6 is 0 Å². The summed E-state index contributed by atoms with van der Waals surface area (Å²) in [6.45, 7) is 29.9. The molecular weight excluding hydrogens is 487 g/mol. The van der Waals surface area contributed by atoms with Crippen molar-refractivity contribution in [2.75, 3.05) is 6.54 Å². The van der Waals surface area contributed by atoms with Crippen LogP contribution in [-0.4, -0.2) is 6.54 Å². The number of hydrogen-bond acceptors (Lipinski definition) is 1. The fourth-order valence-electron chi connectivity index (χ4n) is 2.82. The molecule has 0 spiro atoms. The zero-order chi connectivity index (χ0) is 24.8. The first-order chi connectivity index (χ1) is 15.8. The molecule has 0 amide bonds. The summed E-state index contributed by atoms with van der Waals surface area (Å²) in [6.07, 6.45) is 1.84. The Balaban J connectivity index is 0.000000591. The number of hydrogen-bond donors (Lipinski definition) is 1. The van der Waals surface area contributed by atoms with E-state index in [1.807, 2.05) is 57.2 Å². The Labute approximate surface area is 233 Å². The van der Waals surface area contributed by atoms with Gasteiger partial charge in [0.2, 0.25) is 0 Å². The van der Waals surface area contributed by atoms with Crippen LogP contribution < -0.4 is 5.32 Å². The minimum atomic E-state index is 0. The molecule has 0 aliphatic rings. The fourth-order valence-corrected chi connectivity index (χ4v) is 2.82. The van der Waals surface area contributed by atoms with E-state index in [1.54, 1.807) is 0 Å². The number of aryl methyl sites for hydroxylation is 1. The van der Waals surface area contributed by atoms with Crippen molar-refractivity contribution in [3.63, 3.8) is 0 Å². The zero-order valence-corrected chi connectivity index (χ0v) is 24.0. The second-order valence-corrected chi connectivity index (χ2v) is 7.59. The van der Waals surface area contributed by atoms with E-state index >= 15 is 0 Å². The van der Waals surface area contributed by atoms with Gasteiger partial charge in [-0.05, 0) is 36.1 Å². The SMILES string of the molecule is C=C(C)CNC(=C)c1ccc(C)cc1.CC.[CH-]=C([CH2-])c1cccc(-c2ccc(C=C)cc2)c1.[Y]. The summed E-state index contributed by atoms with van der Waals surface area (Å²) >= 11 is 0. The van der Waals surface area contributed by atoms with E-state index in [1.165, 1.54) is 11.1 Å². The Morgan fingerprint density at radius 2 is 1.50 bits per heavy atom. The molecule has 3 rings (SSSR count). The fraction of sp³-hybridized carbons (Fsp3) is 0.156. The van der Waals surface area contributed by atoms with Crippen molar-refractivity contribution >= 4 is 17.3 Å². The van der Waals surface area contributed by atoms with Gasteiger partial charge in [0, 0.05) is 45.0 Å². The van der Waals surface area contributed by atoms with E-state index < -0.39 is 0 Å². The molecule has 0 aliphatic heterocycles. The predicted molar refractivity (Wildman–Crippen MR) is 149 cm³/mol. The second-order valence-electron chi connectivity index (χ2n) is 7.59. The van der Waals surface area contributed by atoms with Crippen LogP contribution in [0.2, 0.25) is 0 Å². The normalized spacial score (nSPS) is 9.06. The summed E-state index contributed by atoms with van der Waals surface area (Å²) in [6, 6.07) is 24.6. The molecule has 0 unspecified atom stereocenters. The summed E-state index contributed by atoms with van der Waals surface area (Å²) < 4.78 is 0. The maximum atomic E-state index is 5.70. The Hall–Kier alpha value is -2.61. The van der Waals surface area contributed by atoms with E-state index in [9.17, 15) is 0 Å². The van der Waals surface area contributed by atoms with Crippen molar-refractivity contribution in [3.05, 3.63) is 134 Å². The molecule has 1 radical (unpaired) electrons. The third-order valence-corrected chi connectivity index (χ3v) is 4.72. The van der Waals surface area contributed by atoms with Crippen LogP contribution in [0.5, 0.6) is 0 Å². The summed E-state index contributed by atoms with van der Waals surface area (Å²) in [7, 11) is 0. The van der Waals surface area contributed by atoms with Crippen LogP contribution in [-0.2, 0) is 32.7 Å². The third-order valence-electron chi connectivity index (χ3n) is 4.72. The molecule has 0 aliphatic carbocycles. The van der Waals surface area contributed by atoms with Gasteiger partial charge in [-0.25, -0.2) is 5.56 Å². The van der Waals surface area contributed by atoms with E-state index in [0.717, 1.165) is 40.1 Å². The number of nitrogens with one attached hydrogen (secondary N) is 1. The molecule has 1 N–H and O–H groups in total. The number of benzene rings is 3. The molecule has 0 heterocycles. The minimum absolute atomic E-state index is 0. The first kappa shape index (κ1) is 31.4. The Bertz CT molecular complexity index is 1060. The molecule has 0 fully saturated rings. The summed E-state index contributed by atoms with van der Waals surface area (Å²) in [5.41, 5.74) is 9.45. The van der Waals surface area contributed by atoms with Gasteiger partial charge in [0.05, 0.1) is 0 Å². The van der Waals surface area contributed by atoms with Crippen LogP contribution in [0.4, 0.5) is 0 Å².